The third kappa shape index (κ3) is 3.26. The molecule has 0 aliphatic carbocycles. The Morgan fingerprint density at radius 2 is 1.90 bits per heavy atom. The first kappa shape index (κ1) is 14.3. The Kier molecular flexibility index (Phi) is 3.93. The number of carbonyl (C=O) groups is 1. The fourth-order valence-corrected chi connectivity index (χ4v) is 1.71. The molecule has 0 aromatic heterocycles. The van der Waals surface area contributed by atoms with Crippen LogP contribution >= 0.6 is 0 Å². The average molecular weight is 273 g/mol. The molecular weight excluding hydrogens is 254 g/mol. The minimum Gasteiger partial charge on any atom is -0.494 e. The number of carbonyl (C=O) groups excluding carboxylic acids is 1. The van der Waals surface area contributed by atoms with E-state index < -0.39 is 5.97 Å². The van der Waals surface area contributed by atoms with Crippen molar-refractivity contribution >= 4 is 17.9 Å². The fraction of sp³-hybridized carbons (Fsp3) is 0.375. The maximum Gasteiger partial charge on any atom is 0.363 e. The minimum absolute atomic E-state index is 0.274. The monoisotopic (exact) mass is 273 g/mol. The molecule has 0 N–H and O–H groups in total. The van der Waals surface area contributed by atoms with Gasteiger partial charge in [-0.1, -0.05) is 32.9 Å². The summed E-state index contributed by atoms with van der Waals surface area (Å²) in [6.07, 6.45) is 1.72. The van der Waals surface area contributed by atoms with Crippen molar-refractivity contribution in [3.05, 3.63) is 35.5 Å². The van der Waals surface area contributed by atoms with E-state index in [1.807, 2.05) is 52.0 Å². The highest BCUT2D eigenvalue weighted by atomic mass is 16.6. The van der Waals surface area contributed by atoms with Gasteiger partial charge < -0.3 is 9.47 Å². The zero-order valence-corrected chi connectivity index (χ0v) is 12.3. The van der Waals surface area contributed by atoms with Crippen molar-refractivity contribution in [3.63, 3.8) is 0 Å². The first-order chi connectivity index (χ1) is 9.40. The van der Waals surface area contributed by atoms with E-state index in [2.05, 4.69) is 4.99 Å². The lowest BCUT2D eigenvalue weighted by Crippen LogP contribution is -2.21. The van der Waals surface area contributed by atoms with E-state index in [0.29, 0.717) is 18.2 Å². The van der Waals surface area contributed by atoms with Gasteiger partial charge in [-0.2, -0.15) is 0 Å². The minimum atomic E-state index is -0.399. The first-order valence-corrected chi connectivity index (χ1v) is 6.66. The summed E-state index contributed by atoms with van der Waals surface area (Å²) in [6, 6.07) is 7.50. The van der Waals surface area contributed by atoms with Gasteiger partial charge in [0.2, 0.25) is 5.90 Å². The molecule has 0 fully saturated rings. The molecule has 0 unspecified atom stereocenters. The number of hydrogen-bond donors (Lipinski definition) is 0. The smallest absolute Gasteiger partial charge is 0.363 e. The molecule has 0 atom stereocenters. The van der Waals surface area contributed by atoms with Gasteiger partial charge in [0.1, 0.15) is 5.75 Å². The number of benzene rings is 1. The molecule has 0 radical (unpaired) electrons. The number of aliphatic imine (C=N–C) groups is 1. The van der Waals surface area contributed by atoms with E-state index in [4.69, 9.17) is 9.47 Å². The van der Waals surface area contributed by atoms with Crippen LogP contribution in [0.3, 0.4) is 0 Å². The lowest BCUT2D eigenvalue weighted by molar-refractivity contribution is -0.130. The van der Waals surface area contributed by atoms with Crippen LogP contribution in [-0.2, 0) is 9.53 Å². The average Bonchev–Trinajstić information content (AvgIpc) is 2.74. The summed E-state index contributed by atoms with van der Waals surface area (Å²) in [5.41, 5.74) is 0.947. The molecule has 2 rings (SSSR count). The van der Waals surface area contributed by atoms with Crippen LogP contribution in [0.25, 0.3) is 6.08 Å². The second-order valence-electron chi connectivity index (χ2n) is 5.59. The van der Waals surface area contributed by atoms with E-state index in [-0.39, 0.29) is 5.41 Å². The summed E-state index contributed by atoms with van der Waals surface area (Å²) >= 11 is 0. The predicted octanol–water partition coefficient (Wildman–Crippen LogP) is 3.43. The highest BCUT2D eigenvalue weighted by Gasteiger charge is 2.31. The first-order valence-electron chi connectivity index (χ1n) is 6.66. The zero-order valence-electron chi connectivity index (χ0n) is 12.3. The Labute approximate surface area is 119 Å². The Hall–Kier alpha value is -2.10. The summed E-state index contributed by atoms with van der Waals surface area (Å²) < 4.78 is 10.6. The van der Waals surface area contributed by atoms with Crippen LogP contribution in [0.2, 0.25) is 0 Å². The largest absolute Gasteiger partial charge is 0.494 e. The zero-order chi connectivity index (χ0) is 14.8. The normalized spacial score (nSPS) is 17.1. The van der Waals surface area contributed by atoms with E-state index in [1.54, 1.807) is 6.08 Å². The van der Waals surface area contributed by atoms with Gasteiger partial charge in [0.15, 0.2) is 5.70 Å². The van der Waals surface area contributed by atoms with Crippen molar-refractivity contribution in [1.29, 1.82) is 0 Å². The van der Waals surface area contributed by atoms with Crippen molar-refractivity contribution in [3.8, 4) is 5.75 Å². The molecule has 0 saturated carbocycles. The van der Waals surface area contributed by atoms with Crippen LogP contribution in [0, 0.1) is 5.41 Å². The molecule has 0 spiro atoms. The number of ether oxygens (including phenoxy) is 2. The third-order valence-electron chi connectivity index (χ3n) is 2.76. The lowest BCUT2D eigenvalue weighted by atomic mass is 9.97. The molecule has 0 bridgehead atoms. The van der Waals surface area contributed by atoms with Gasteiger partial charge >= 0.3 is 5.97 Å². The van der Waals surface area contributed by atoms with Crippen LogP contribution < -0.4 is 4.74 Å². The SMILES string of the molecule is CCOc1ccc(/C=C2/N=C(C(C)(C)C)OC2=O)cc1. The van der Waals surface area contributed by atoms with Gasteiger partial charge in [-0.25, -0.2) is 9.79 Å². The fourth-order valence-electron chi connectivity index (χ4n) is 1.71. The maximum atomic E-state index is 11.8. The van der Waals surface area contributed by atoms with Crippen LogP contribution in [0.4, 0.5) is 0 Å². The van der Waals surface area contributed by atoms with Crippen molar-refractivity contribution < 1.29 is 14.3 Å². The summed E-state index contributed by atoms with van der Waals surface area (Å²) in [6.45, 7) is 8.44. The molecule has 0 amide bonds. The van der Waals surface area contributed by atoms with Crippen LogP contribution in [0.5, 0.6) is 5.75 Å². The Balaban J connectivity index is 2.22. The van der Waals surface area contributed by atoms with Crippen LogP contribution in [0.1, 0.15) is 33.3 Å². The molecule has 0 saturated heterocycles. The van der Waals surface area contributed by atoms with Gasteiger partial charge in [-0.3, -0.25) is 0 Å². The second kappa shape index (κ2) is 5.49. The molecule has 20 heavy (non-hydrogen) atoms. The summed E-state index contributed by atoms with van der Waals surface area (Å²) in [5.74, 6) is 0.867. The molecule has 1 aromatic carbocycles. The number of hydrogen-bond acceptors (Lipinski definition) is 4. The quantitative estimate of drug-likeness (QED) is 0.626. The lowest BCUT2D eigenvalue weighted by Gasteiger charge is -2.15. The highest BCUT2D eigenvalue weighted by Crippen LogP contribution is 2.26. The topological polar surface area (TPSA) is 47.9 Å². The number of cyclic esters (lactones) is 1. The van der Waals surface area contributed by atoms with Crippen molar-refractivity contribution in [2.75, 3.05) is 6.61 Å². The third-order valence-corrected chi connectivity index (χ3v) is 2.76. The molecule has 106 valence electrons. The molecule has 4 heteroatoms. The van der Waals surface area contributed by atoms with Crippen molar-refractivity contribution in [2.45, 2.75) is 27.7 Å². The van der Waals surface area contributed by atoms with Crippen molar-refractivity contribution in [2.24, 2.45) is 10.4 Å². The van der Waals surface area contributed by atoms with E-state index in [0.717, 1.165) is 11.3 Å². The molecular formula is C16H19NO3. The van der Waals surface area contributed by atoms with Gasteiger partial charge in [0.05, 0.1) is 6.61 Å². The molecule has 1 aromatic rings. The number of esters is 1. The second-order valence-corrected chi connectivity index (χ2v) is 5.59. The number of nitrogens with zero attached hydrogens (tertiary/aromatic N) is 1. The molecule has 4 nitrogen and oxygen atoms in total. The van der Waals surface area contributed by atoms with Crippen LogP contribution in [0.15, 0.2) is 35.0 Å². The highest BCUT2D eigenvalue weighted by molar-refractivity contribution is 6.08. The van der Waals surface area contributed by atoms with Gasteiger partial charge in [0, 0.05) is 5.41 Å². The van der Waals surface area contributed by atoms with Crippen molar-refractivity contribution in [1.82, 2.24) is 0 Å². The standard InChI is InChI=1S/C16H19NO3/c1-5-19-12-8-6-11(7-9-12)10-13-14(18)20-15(17-13)16(2,3)4/h6-10H,5H2,1-4H3/b13-10+. The van der Waals surface area contributed by atoms with Gasteiger partial charge in [0.25, 0.3) is 0 Å². The summed E-state index contributed by atoms with van der Waals surface area (Å²) in [7, 11) is 0. The molecule has 1 aliphatic heterocycles. The molecule has 1 aliphatic rings. The van der Waals surface area contributed by atoms with E-state index >= 15 is 0 Å². The Morgan fingerprint density at radius 1 is 1.25 bits per heavy atom. The van der Waals surface area contributed by atoms with Gasteiger partial charge in [-0.15, -0.1) is 0 Å². The Morgan fingerprint density at radius 3 is 2.40 bits per heavy atom. The summed E-state index contributed by atoms with van der Waals surface area (Å²) in [5, 5.41) is 0. The van der Waals surface area contributed by atoms with E-state index in [1.165, 1.54) is 0 Å². The Bertz CT molecular complexity index is 562. The van der Waals surface area contributed by atoms with Gasteiger partial charge in [-0.05, 0) is 30.7 Å². The van der Waals surface area contributed by atoms with Crippen LogP contribution in [-0.4, -0.2) is 18.5 Å². The van der Waals surface area contributed by atoms with E-state index in [9.17, 15) is 4.79 Å². The number of rotatable bonds is 3. The maximum absolute atomic E-state index is 11.8. The predicted molar refractivity (Wildman–Crippen MR) is 78.6 cm³/mol. The molecule has 1 heterocycles. The summed E-state index contributed by atoms with van der Waals surface area (Å²) in [4.78, 5) is 16.0.